The predicted octanol–water partition coefficient (Wildman–Crippen LogP) is 2.36. The fourth-order valence-electron chi connectivity index (χ4n) is 1.43. The minimum atomic E-state index is -0.423. The molecular weight excluding hydrogens is 206 g/mol. The molecule has 2 rings (SSSR count). The highest BCUT2D eigenvalue weighted by atomic mass is 16.6. The molecule has 0 aliphatic rings. The van der Waals surface area contributed by atoms with Gasteiger partial charge in [-0.3, -0.25) is 20.1 Å². The average molecular weight is 215 g/mol. The minimum Gasteiger partial charge on any atom is -0.258 e. The summed E-state index contributed by atoms with van der Waals surface area (Å²) in [5.41, 5.74) is 2.45. The van der Waals surface area contributed by atoms with E-state index in [1.165, 1.54) is 12.1 Å². The van der Waals surface area contributed by atoms with Crippen LogP contribution in [0.25, 0.3) is 11.3 Å². The van der Waals surface area contributed by atoms with E-state index in [0.717, 1.165) is 17.0 Å². The van der Waals surface area contributed by atoms with E-state index >= 15 is 0 Å². The van der Waals surface area contributed by atoms with Gasteiger partial charge < -0.3 is 0 Å². The van der Waals surface area contributed by atoms with Crippen LogP contribution in [0.2, 0.25) is 0 Å². The van der Waals surface area contributed by atoms with Crippen LogP contribution >= 0.6 is 0 Å². The van der Waals surface area contributed by atoms with Crippen molar-refractivity contribution in [2.24, 2.45) is 0 Å². The standard InChI is InChI=1S/C11H9N3O2/c1-8-11(13-7-6-12-8)9-2-4-10(5-3-9)14(15)16/h2-7H,1H3. The number of nitro benzene ring substituents is 1. The van der Waals surface area contributed by atoms with E-state index in [1.807, 2.05) is 6.92 Å². The summed E-state index contributed by atoms with van der Waals surface area (Å²) in [6.45, 7) is 1.85. The molecule has 0 radical (unpaired) electrons. The van der Waals surface area contributed by atoms with E-state index in [4.69, 9.17) is 0 Å². The molecule has 5 nitrogen and oxygen atoms in total. The molecule has 0 fully saturated rings. The molecule has 80 valence electrons. The summed E-state index contributed by atoms with van der Waals surface area (Å²) in [6.07, 6.45) is 3.22. The van der Waals surface area contributed by atoms with E-state index in [-0.39, 0.29) is 5.69 Å². The monoisotopic (exact) mass is 215 g/mol. The molecule has 1 heterocycles. The van der Waals surface area contributed by atoms with Crippen molar-refractivity contribution in [1.29, 1.82) is 0 Å². The highest BCUT2D eigenvalue weighted by Crippen LogP contribution is 2.21. The second-order valence-corrected chi connectivity index (χ2v) is 3.29. The Hall–Kier alpha value is -2.30. The molecule has 0 N–H and O–H groups in total. The van der Waals surface area contributed by atoms with Crippen molar-refractivity contribution in [1.82, 2.24) is 9.97 Å². The Labute approximate surface area is 91.9 Å². The summed E-state index contributed by atoms with van der Waals surface area (Å²) in [5, 5.41) is 10.5. The van der Waals surface area contributed by atoms with Gasteiger partial charge in [-0.05, 0) is 19.1 Å². The van der Waals surface area contributed by atoms with Gasteiger partial charge in [0.25, 0.3) is 5.69 Å². The molecule has 1 aromatic heterocycles. The van der Waals surface area contributed by atoms with Gasteiger partial charge in [0.05, 0.1) is 16.3 Å². The van der Waals surface area contributed by atoms with Gasteiger partial charge in [0.15, 0.2) is 0 Å². The smallest absolute Gasteiger partial charge is 0.258 e. The lowest BCUT2D eigenvalue weighted by Gasteiger charge is -2.02. The molecule has 16 heavy (non-hydrogen) atoms. The maximum atomic E-state index is 10.5. The lowest BCUT2D eigenvalue weighted by atomic mass is 10.1. The molecule has 0 spiro atoms. The zero-order valence-electron chi connectivity index (χ0n) is 8.62. The third kappa shape index (κ3) is 1.88. The second-order valence-electron chi connectivity index (χ2n) is 3.29. The first-order valence-electron chi connectivity index (χ1n) is 4.71. The average Bonchev–Trinajstić information content (AvgIpc) is 2.30. The van der Waals surface area contributed by atoms with Gasteiger partial charge in [0.1, 0.15) is 0 Å². The second kappa shape index (κ2) is 4.06. The van der Waals surface area contributed by atoms with Gasteiger partial charge in [-0.2, -0.15) is 0 Å². The van der Waals surface area contributed by atoms with Gasteiger partial charge in [-0.25, -0.2) is 0 Å². The van der Waals surface area contributed by atoms with Crippen molar-refractivity contribution in [3.05, 3.63) is 52.5 Å². The summed E-state index contributed by atoms with van der Waals surface area (Å²) in [4.78, 5) is 18.4. The SMILES string of the molecule is Cc1nccnc1-c1ccc([N+](=O)[O-])cc1. The molecule has 0 bridgehead atoms. The normalized spacial score (nSPS) is 10.1. The summed E-state index contributed by atoms with van der Waals surface area (Å²) in [6, 6.07) is 6.28. The van der Waals surface area contributed by atoms with Crippen LogP contribution in [0, 0.1) is 17.0 Å². The predicted molar refractivity (Wildman–Crippen MR) is 58.9 cm³/mol. The number of aryl methyl sites for hydroxylation is 1. The maximum Gasteiger partial charge on any atom is 0.269 e. The number of rotatable bonds is 2. The molecule has 0 atom stereocenters. The van der Waals surface area contributed by atoms with Crippen molar-refractivity contribution < 1.29 is 4.92 Å². The van der Waals surface area contributed by atoms with Gasteiger partial charge in [0, 0.05) is 30.1 Å². The van der Waals surface area contributed by atoms with Crippen LogP contribution in [-0.2, 0) is 0 Å². The summed E-state index contributed by atoms with van der Waals surface area (Å²) in [5.74, 6) is 0. The fourth-order valence-corrected chi connectivity index (χ4v) is 1.43. The molecule has 0 aliphatic carbocycles. The number of benzene rings is 1. The molecule has 5 heteroatoms. The molecule has 1 aromatic carbocycles. The Balaban J connectivity index is 2.43. The topological polar surface area (TPSA) is 68.9 Å². The minimum absolute atomic E-state index is 0.0743. The Bertz CT molecular complexity index is 523. The number of hydrogen-bond acceptors (Lipinski definition) is 4. The number of aromatic nitrogens is 2. The van der Waals surface area contributed by atoms with E-state index in [1.54, 1.807) is 24.5 Å². The molecule has 0 saturated heterocycles. The molecular formula is C11H9N3O2. The van der Waals surface area contributed by atoms with Gasteiger partial charge in [-0.15, -0.1) is 0 Å². The molecule has 0 aliphatic heterocycles. The van der Waals surface area contributed by atoms with E-state index in [0.29, 0.717) is 0 Å². The van der Waals surface area contributed by atoms with E-state index in [9.17, 15) is 10.1 Å². The zero-order valence-corrected chi connectivity index (χ0v) is 8.62. The molecule has 2 aromatic rings. The van der Waals surface area contributed by atoms with Crippen molar-refractivity contribution in [3.8, 4) is 11.3 Å². The highest BCUT2D eigenvalue weighted by Gasteiger charge is 2.07. The van der Waals surface area contributed by atoms with Crippen molar-refractivity contribution in [3.63, 3.8) is 0 Å². The molecule has 0 unspecified atom stereocenters. The van der Waals surface area contributed by atoms with Crippen LogP contribution in [0.3, 0.4) is 0 Å². The third-order valence-corrected chi connectivity index (χ3v) is 2.23. The Morgan fingerprint density at radius 2 is 1.75 bits per heavy atom. The highest BCUT2D eigenvalue weighted by molar-refractivity contribution is 5.62. The van der Waals surface area contributed by atoms with E-state index in [2.05, 4.69) is 9.97 Å². The number of non-ortho nitro benzene ring substituents is 1. The van der Waals surface area contributed by atoms with Crippen LogP contribution in [0.4, 0.5) is 5.69 Å². The van der Waals surface area contributed by atoms with Crippen LogP contribution in [0.1, 0.15) is 5.69 Å². The number of nitrogens with zero attached hydrogens (tertiary/aromatic N) is 3. The van der Waals surface area contributed by atoms with Crippen LogP contribution < -0.4 is 0 Å². The van der Waals surface area contributed by atoms with Crippen LogP contribution in [-0.4, -0.2) is 14.9 Å². The first-order valence-corrected chi connectivity index (χ1v) is 4.71. The first-order chi connectivity index (χ1) is 7.68. The first kappa shape index (κ1) is 10.2. The number of nitro groups is 1. The maximum absolute atomic E-state index is 10.5. The van der Waals surface area contributed by atoms with Gasteiger partial charge in [0.2, 0.25) is 0 Å². The van der Waals surface area contributed by atoms with Gasteiger partial charge >= 0.3 is 0 Å². The van der Waals surface area contributed by atoms with E-state index < -0.39 is 4.92 Å². The van der Waals surface area contributed by atoms with Crippen LogP contribution in [0.5, 0.6) is 0 Å². The summed E-state index contributed by atoms with van der Waals surface area (Å²) < 4.78 is 0. The summed E-state index contributed by atoms with van der Waals surface area (Å²) >= 11 is 0. The molecule has 0 amide bonds. The third-order valence-electron chi connectivity index (χ3n) is 2.23. The Morgan fingerprint density at radius 1 is 1.12 bits per heavy atom. The van der Waals surface area contributed by atoms with Crippen LogP contribution in [0.15, 0.2) is 36.7 Å². The van der Waals surface area contributed by atoms with Crippen molar-refractivity contribution in [2.45, 2.75) is 6.92 Å². The zero-order chi connectivity index (χ0) is 11.5. The summed E-state index contributed by atoms with van der Waals surface area (Å²) in [7, 11) is 0. The quantitative estimate of drug-likeness (QED) is 0.569. The van der Waals surface area contributed by atoms with Crippen molar-refractivity contribution in [2.75, 3.05) is 0 Å². The van der Waals surface area contributed by atoms with Gasteiger partial charge in [-0.1, -0.05) is 0 Å². The Morgan fingerprint density at radius 3 is 2.31 bits per heavy atom. The fraction of sp³-hybridized carbons (Fsp3) is 0.0909. The lowest BCUT2D eigenvalue weighted by Crippen LogP contribution is -1.91. The largest absolute Gasteiger partial charge is 0.269 e. The Kier molecular flexibility index (Phi) is 2.59. The molecule has 0 saturated carbocycles. The van der Waals surface area contributed by atoms with Crippen molar-refractivity contribution >= 4 is 5.69 Å². The number of hydrogen-bond donors (Lipinski definition) is 0. The lowest BCUT2D eigenvalue weighted by molar-refractivity contribution is -0.384.